The highest BCUT2D eigenvalue weighted by molar-refractivity contribution is 5.63. The van der Waals surface area contributed by atoms with Crippen LogP contribution in [0.1, 0.15) is 31.9 Å². The molecule has 2 aromatic carbocycles. The van der Waals surface area contributed by atoms with Gasteiger partial charge in [0, 0.05) is 18.4 Å². The van der Waals surface area contributed by atoms with Crippen LogP contribution in [0.15, 0.2) is 48.5 Å². The van der Waals surface area contributed by atoms with Gasteiger partial charge >= 0.3 is 0 Å². The van der Waals surface area contributed by atoms with Crippen LogP contribution in [0.3, 0.4) is 0 Å². The van der Waals surface area contributed by atoms with Crippen LogP contribution in [0, 0.1) is 11.3 Å². The van der Waals surface area contributed by atoms with Crippen molar-refractivity contribution in [1.82, 2.24) is 0 Å². The number of rotatable bonds is 2. The third-order valence-corrected chi connectivity index (χ3v) is 3.50. The predicted octanol–water partition coefficient (Wildman–Crippen LogP) is 4.62. The first-order valence-corrected chi connectivity index (χ1v) is 6.76. The molecular formula is C18H20N2. The van der Waals surface area contributed by atoms with Crippen molar-refractivity contribution in [2.75, 3.05) is 11.9 Å². The quantitative estimate of drug-likeness (QED) is 0.791. The van der Waals surface area contributed by atoms with E-state index in [4.69, 9.17) is 5.26 Å². The van der Waals surface area contributed by atoms with E-state index in [1.807, 2.05) is 31.3 Å². The van der Waals surface area contributed by atoms with Gasteiger partial charge in [0.25, 0.3) is 0 Å². The van der Waals surface area contributed by atoms with Gasteiger partial charge < -0.3 is 4.90 Å². The van der Waals surface area contributed by atoms with Gasteiger partial charge in [0.15, 0.2) is 0 Å². The molecule has 0 saturated heterocycles. The summed E-state index contributed by atoms with van der Waals surface area (Å²) in [6.07, 6.45) is 0. The molecular weight excluding hydrogens is 244 g/mol. The molecule has 2 aromatic rings. The molecule has 0 N–H and O–H groups in total. The molecule has 0 aliphatic carbocycles. The third kappa shape index (κ3) is 3.00. The average molecular weight is 264 g/mol. The Morgan fingerprint density at radius 1 is 0.850 bits per heavy atom. The van der Waals surface area contributed by atoms with Gasteiger partial charge in [0.2, 0.25) is 0 Å². The molecule has 0 aliphatic rings. The molecule has 0 bridgehead atoms. The Morgan fingerprint density at radius 3 is 1.70 bits per heavy atom. The van der Waals surface area contributed by atoms with Gasteiger partial charge in [-0.3, -0.25) is 0 Å². The summed E-state index contributed by atoms with van der Waals surface area (Å²) < 4.78 is 0. The largest absolute Gasteiger partial charge is 0.345 e. The van der Waals surface area contributed by atoms with E-state index in [-0.39, 0.29) is 5.41 Å². The van der Waals surface area contributed by atoms with E-state index in [2.05, 4.69) is 56.0 Å². The molecule has 2 rings (SSSR count). The van der Waals surface area contributed by atoms with Crippen molar-refractivity contribution in [2.24, 2.45) is 0 Å². The molecule has 0 radical (unpaired) electrons. The van der Waals surface area contributed by atoms with Crippen molar-refractivity contribution in [1.29, 1.82) is 5.26 Å². The zero-order chi connectivity index (χ0) is 14.8. The Hall–Kier alpha value is -2.27. The van der Waals surface area contributed by atoms with Crippen molar-refractivity contribution in [3.63, 3.8) is 0 Å². The predicted molar refractivity (Wildman–Crippen MR) is 84.4 cm³/mol. The topological polar surface area (TPSA) is 27.0 Å². The Balaban J connectivity index is 2.24. The molecule has 0 fully saturated rings. The lowest BCUT2D eigenvalue weighted by atomic mass is 9.87. The molecule has 0 amide bonds. The first kappa shape index (κ1) is 14.1. The third-order valence-electron chi connectivity index (χ3n) is 3.50. The maximum atomic E-state index is 8.83. The van der Waals surface area contributed by atoms with Gasteiger partial charge in [-0.25, -0.2) is 0 Å². The minimum Gasteiger partial charge on any atom is -0.345 e. The second-order valence-corrected chi connectivity index (χ2v) is 6.01. The molecule has 0 aliphatic heterocycles. The fourth-order valence-corrected chi connectivity index (χ4v) is 2.09. The molecule has 0 aromatic heterocycles. The van der Waals surface area contributed by atoms with Crippen molar-refractivity contribution in [3.05, 3.63) is 59.7 Å². The Kier molecular flexibility index (Phi) is 3.81. The Labute approximate surface area is 121 Å². The van der Waals surface area contributed by atoms with Gasteiger partial charge in [-0.15, -0.1) is 0 Å². The molecule has 0 heterocycles. The van der Waals surface area contributed by atoms with Crippen molar-refractivity contribution in [3.8, 4) is 6.07 Å². The summed E-state index contributed by atoms with van der Waals surface area (Å²) in [5, 5.41) is 8.83. The van der Waals surface area contributed by atoms with E-state index in [1.165, 1.54) is 5.56 Å². The summed E-state index contributed by atoms with van der Waals surface area (Å²) in [7, 11) is 2.04. The highest BCUT2D eigenvalue weighted by Crippen LogP contribution is 2.27. The second-order valence-electron chi connectivity index (χ2n) is 6.01. The summed E-state index contributed by atoms with van der Waals surface area (Å²) in [6.45, 7) is 6.64. The summed E-state index contributed by atoms with van der Waals surface area (Å²) in [5.74, 6) is 0. The summed E-state index contributed by atoms with van der Waals surface area (Å²) >= 11 is 0. The number of hydrogen-bond acceptors (Lipinski definition) is 2. The standard InChI is InChI=1S/C18H20N2/c1-18(2,3)15-7-11-17(12-8-15)20(4)16-9-5-14(13-19)6-10-16/h5-12H,1-4H3. The molecule has 102 valence electrons. The van der Waals surface area contributed by atoms with Gasteiger partial charge in [-0.2, -0.15) is 5.26 Å². The Bertz CT molecular complexity index is 610. The van der Waals surface area contributed by atoms with Gasteiger partial charge in [-0.05, 0) is 47.4 Å². The van der Waals surface area contributed by atoms with Crippen LogP contribution in [0.5, 0.6) is 0 Å². The van der Waals surface area contributed by atoms with Crippen molar-refractivity contribution < 1.29 is 0 Å². The van der Waals surface area contributed by atoms with Crippen molar-refractivity contribution >= 4 is 11.4 Å². The Morgan fingerprint density at radius 2 is 1.30 bits per heavy atom. The van der Waals surface area contributed by atoms with E-state index < -0.39 is 0 Å². The lowest BCUT2D eigenvalue weighted by Crippen LogP contribution is -2.12. The zero-order valence-corrected chi connectivity index (χ0v) is 12.5. The minimum atomic E-state index is 0.172. The summed E-state index contributed by atoms with van der Waals surface area (Å²) in [5.41, 5.74) is 4.40. The molecule has 2 heteroatoms. The van der Waals surface area contributed by atoms with Crippen LogP contribution in [-0.4, -0.2) is 7.05 Å². The zero-order valence-electron chi connectivity index (χ0n) is 12.5. The van der Waals surface area contributed by atoms with Crippen LogP contribution >= 0.6 is 0 Å². The smallest absolute Gasteiger partial charge is 0.0991 e. The van der Waals surface area contributed by atoms with Gasteiger partial charge in [0.1, 0.15) is 0 Å². The van der Waals surface area contributed by atoms with Crippen LogP contribution in [0.2, 0.25) is 0 Å². The number of benzene rings is 2. The van der Waals surface area contributed by atoms with E-state index in [9.17, 15) is 0 Å². The number of hydrogen-bond donors (Lipinski definition) is 0. The van der Waals surface area contributed by atoms with E-state index in [0.717, 1.165) is 11.4 Å². The number of anilines is 2. The van der Waals surface area contributed by atoms with Crippen LogP contribution in [-0.2, 0) is 5.41 Å². The molecule has 20 heavy (non-hydrogen) atoms. The first-order chi connectivity index (χ1) is 9.41. The fraction of sp³-hybridized carbons (Fsp3) is 0.278. The molecule has 0 saturated carbocycles. The normalized spacial score (nSPS) is 10.9. The van der Waals surface area contributed by atoms with Crippen LogP contribution in [0.25, 0.3) is 0 Å². The summed E-state index contributed by atoms with van der Waals surface area (Å²) in [6, 6.07) is 18.4. The SMILES string of the molecule is CN(c1ccc(C#N)cc1)c1ccc(C(C)(C)C)cc1. The van der Waals surface area contributed by atoms with Gasteiger partial charge in [0.05, 0.1) is 11.6 Å². The minimum absolute atomic E-state index is 0.172. The fourth-order valence-electron chi connectivity index (χ4n) is 2.09. The van der Waals surface area contributed by atoms with E-state index in [1.54, 1.807) is 0 Å². The maximum Gasteiger partial charge on any atom is 0.0991 e. The lowest BCUT2D eigenvalue weighted by molar-refractivity contribution is 0.590. The molecule has 0 unspecified atom stereocenters. The highest BCUT2D eigenvalue weighted by atomic mass is 15.1. The van der Waals surface area contributed by atoms with Crippen molar-refractivity contribution in [2.45, 2.75) is 26.2 Å². The monoisotopic (exact) mass is 264 g/mol. The van der Waals surface area contributed by atoms with E-state index in [0.29, 0.717) is 5.56 Å². The maximum absolute atomic E-state index is 8.83. The van der Waals surface area contributed by atoms with Crippen LogP contribution in [0.4, 0.5) is 11.4 Å². The van der Waals surface area contributed by atoms with Gasteiger partial charge in [-0.1, -0.05) is 32.9 Å². The first-order valence-electron chi connectivity index (χ1n) is 6.76. The molecule has 2 nitrogen and oxygen atoms in total. The summed E-state index contributed by atoms with van der Waals surface area (Å²) in [4.78, 5) is 2.12. The molecule has 0 spiro atoms. The average Bonchev–Trinajstić information content (AvgIpc) is 2.46. The molecule has 0 atom stereocenters. The van der Waals surface area contributed by atoms with E-state index >= 15 is 0 Å². The van der Waals surface area contributed by atoms with Crippen LogP contribution < -0.4 is 4.90 Å². The second kappa shape index (κ2) is 5.38. The number of nitriles is 1. The lowest BCUT2D eigenvalue weighted by Gasteiger charge is -2.23. The number of nitrogens with zero attached hydrogens (tertiary/aromatic N) is 2. The highest BCUT2D eigenvalue weighted by Gasteiger charge is 2.13.